The molecule has 3 heteroatoms. The summed E-state index contributed by atoms with van der Waals surface area (Å²) in [6.07, 6.45) is 3.54. The first-order chi connectivity index (χ1) is 9.03. The van der Waals surface area contributed by atoms with Gasteiger partial charge in [-0.2, -0.15) is 0 Å². The first-order valence-electron chi connectivity index (χ1n) is 7.26. The normalized spacial score (nSPS) is 24.1. The van der Waals surface area contributed by atoms with E-state index in [2.05, 4.69) is 18.7 Å². The van der Waals surface area contributed by atoms with Gasteiger partial charge in [0.2, 0.25) is 0 Å². The van der Waals surface area contributed by atoms with Gasteiger partial charge < -0.3 is 10.8 Å². The second-order valence-corrected chi connectivity index (χ2v) is 6.24. The van der Waals surface area contributed by atoms with Crippen LogP contribution in [0.1, 0.15) is 32.3 Å². The van der Waals surface area contributed by atoms with Crippen molar-refractivity contribution >= 4 is 0 Å². The molecule has 2 atom stereocenters. The molecule has 2 unspecified atom stereocenters. The molecule has 0 bridgehead atoms. The predicted molar refractivity (Wildman–Crippen MR) is 79.2 cm³/mol. The molecule has 0 aliphatic carbocycles. The predicted octanol–water partition coefficient (Wildman–Crippen LogP) is 2.38. The number of rotatable bonds is 4. The molecule has 1 aromatic carbocycles. The Bertz CT molecular complexity index is 404. The number of piperidine rings is 1. The molecular formula is C16H26N2O. The third-order valence-electron chi connectivity index (χ3n) is 4.38. The van der Waals surface area contributed by atoms with Crippen molar-refractivity contribution in [3.63, 3.8) is 0 Å². The third-order valence-corrected chi connectivity index (χ3v) is 4.38. The number of likely N-dealkylation sites (tertiary alicyclic amines) is 1. The molecule has 19 heavy (non-hydrogen) atoms. The fourth-order valence-corrected chi connectivity index (χ4v) is 3.05. The van der Waals surface area contributed by atoms with Gasteiger partial charge in [0.05, 0.1) is 0 Å². The van der Waals surface area contributed by atoms with Crippen molar-refractivity contribution in [1.29, 1.82) is 0 Å². The van der Waals surface area contributed by atoms with Crippen LogP contribution < -0.4 is 5.73 Å². The zero-order valence-corrected chi connectivity index (χ0v) is 12.1. The number of benzene rings is 1. The van der Waals surface area contributed by atoms with Gasteiger partial charge in [0, 0.05) is 18.6 Å². The second-order valence-electron chi connectivity index (χ2n) is 6.24. The molecule has 1 saturated heterocycles. The second kappa shape index (κ2) is 5.93. The number of hydrogen-bond donors (Lipinski definition) is 2. The first kappa shape index (κ1) is 14.4. The van der Waals surface area contributed by atoms with Crippen molar-refractivity contribution in [2.45, 2.75) is 38.6 Å². The summed E-state index contributed by atoms with van der Waals surface area (Å²) in [6, 6.07) is 7.50. The number of nitrogens with zero attached hydrogens (tertiary/aromatic N) is 1. The Morgan fingerprint density at radius 1 is 1.37 bits per heavy atom. The van der Waals surface area contributed by atoms with E-state index in [0.717, 1.165) is 25.4 Å². The lowest BCUT2D eigenvalue weighted by Crippen LogP contribution is -2.56. The molecule has 3 N–H and O–H groups in total. The van der Waals surface area contributed by atoms with E-state index in [4.69, 9.17) is 5.73 Å². The van der Waals surface area contributed by atoms with Gasteiger partial charge in [-0.15, -0.1) is 0 Å². The standard InChI is InChI=1S/C16H26N2O/c1-13-4-3-9-18(11-13)16(2,12-17)10-14-5-7-15(19)8-6-14/h5-8,13,19H,3-4,9-12,17H2,1-2H3. The summed E-state index contributed by atoms with van der Waals surface area (Å²) >= 11 is 0. The Morgan fingerprint density at radius 3 is 2.63 bits per heavy atom. The van der Waals surface area contributed by atoms with Gasteiger partial charge >= 0.3 is 0 Å². The lowest BCUT2D eigenvalue weighted by atomic mass is 9.87. The van der Waals surface area contributed by atoms with Gasteiger partial charge in [0.25, 0.3) is 0 Å². The molecule has 0 amide bonds. The summed E-state index contributed by atoms with van der Waals surface area (Å²) in [4.78, 5) is 2.55. The van der Waals surface area contributed by atoms with E-state index in [-0.39, 0.29) is 5.54 Å². The van der Waals surface area contributed by atoms with Crippen molar-refractivity contribution in [2.75, 3.05) is 19.6 Å². The number of aromatic hydroxyl groups is 1. The molecule has 1 aromatic rings. The Balaban J connectivity index is 2.10. The minimum atomic E-state index is 0.0195. The summed E-state index contributed by atoms with van der Waals surface area (Å²) < 4.78 is 0. The van der Waals surface area contributed by atoms with E-state index in [0.29, 0.717) is 12.3 Å². The zero-order chi connectivity index (χ0) is 13.9. The first-order valence-corrected chi connectivity index (χ1v) is 7.26. The number of phenolic OH excluding ortho intramolecular Hbond substituents is 1. The fraction of sp³-hybridized carbons (Fsp3) is 0.625. The molecule has 0 aromatic heterocycles. The van der Waals surface area contributed by atoms with Crippen LogP contribution in [0.4, 0.5) is 0 Å². The highest BCUT2D eigenvalue weighted by Gasteiger charge is 2.33. The molecule has 0 saturated carbocycles. The molecule has 3 nitrogen and oxygen atoms in total. The fourth-order valence-electron chi connectivity index (χ4n) is 3.05. The average Bonchev–Trinajstić information content (AvgIpc) is 2.41. The van der Waals surface area contributed by atoms with E-state index in [1.54, 1.807) is 12.1 Å². The largest absolute Gasteiger partial charge is 0.508 e. The lowest BCUT2D eigenvalue weighted by molar-refractivity contribution is 0.0641. The number of nitrogens with two attached hydrogens (primary N) is 1. The Hall–Kier alpha value is -1.06. The molecule has 1 aliphatic rings. The summed E-state index contributed by atoms with van der Waals surface area (Å²) in [7, 11) is 0. The van der Waals surface area contributed by atoms with E-state index >= 15 is 0 Å². The van der Waals surface area contributed by atoms with Crippen LogP contribution in [0, 0.1) is 5.92 Å². The van der Waals surface area contributed by atoms with Gasteiger partial charge in [-0.1, -0.05) is 19.1 Å². The van der Waals surface area contributed by atoms with E-state index in [1.807, 2.05) is 12.1 Å². The lowest BCUT2D eigenvalue weighted by Gasteiger charge is -2.45. The van der Waals surface area contributed by atoms with Crippen LogP contribution >= 0.6 is 0 Å². The molecule has 1 aliphatic heterocycles. The van der Waals surface area contributed by atoms with E-state index in [9.17, 15) is 5.11 Å². The van der Waals surface area contributed by atoms with E-state index < -0.39 is 0 Å². The maximum Gasteiger partial charge on any atom is 0.115 e. The third kappa shape index (κ3) is 3.48. The SMILES string of the molecule is CC1CCCN(C(C)(CN)Cc2ccc(O)cc2)C1. The molecule has 0 radical (unpaired) electrons. The van der Waals surface area contributed by atoms with Crippen LogP contribution in [0.3, 0.4) is 0 Å². The number of phenols is 1. The molecule has 0 spiro atoms. The Kier molecular flexibility index (Phi) is 4.48. The summed E-state index contributed by atoms with van der Waals surface area (Å²) in [5.74, 6) is 1.09. The quantitative estimate of drug-likeness (QED) is 0.876. The van der Waals surface area contributed by atoms with Crippen LogP contribution in [0.15, 0.2) is 24.3 Å². The number of hydrogen-bond acceptors (Lipinski definition) is 3. The van der Waals surface area contributed by atoms with Gasteiger partial charge in [-0.3, -0.25) is 4.90 Å². The highest BCUT2D eigenvalue weighted by atomic mass is 16.3. The van der Waals surface area contributed by atoms with Crippen molar-refractivity contribution in [3.8, 4) is 5.75 Å². The van der Waals surface area contributed by atoms with Crippen LogP contribution in [0.2, 0.25) is 0 Å². The summed E-state index contributed by atoms with van der Waals surface area (Å²) in [5.41, 5.74) is 7.33. The molecular weight excluding hydrogens is 236 g/mol. The van der Waals surface area contributed by atoms with Crippen molar-refractivity contribution < 1.29 is 5.11 Å². The highest BCUT2D eigenvalue weighted by molar-refractivity contribution is 5.27. The highest BCUT2D eigenvalue weighted by Crippen LogP contribution is 2.27. The van der Waals surface area contributed by atoms with Crippen LogP contribution in [-0.4, -0.2) is 35.2 Å². The van der Waals surface area contributed by atoms with Crippen molar-refractivity contribution in [3.05, 3.63) is 29.8 Å². The molecule has 106 valence electrons. The van der Waals surface area contributed by atoms with Crippen LogP contribution in [-0.2, 0) is 6.42 Å². The van der Waals surface area contributed by atoms with Gasteiger partial charge in [0.1, 0.15) is 5.75 Å². The van der Waals surface area contributed by atoms with Crippen molar-refractivity contribution in [2.24, 2.45) is 11.7 Å². The van der Waals surface area contributed by atoms with Crippen molar-refractivity contribution in [1.82, 2.24) is 4.90 Å². The maximum atomic E-state index is 9.36. The molecule has 2 rings (SSSR count). The van der Waals surface area contributed by atoms with Gasteiger partial charge in [0.15, 0.2) is 0 Å². The van der Waals surface area contributed by atoms with Gasteiger partial charge in [-0.25, -0.2) is 0 Å². The minimum Gasteiger partial charge on any atom is -0.508 e. The summed E-state index contributed by atoms with van der Waals surface area (Å²) in [5, 5.41) is 9.36. The molecule has 1 heterocycles. The van der Waals surface area contributed by atoms with Gasteiger partial charge in [-0.05, 0) is 56.3 Å². The summed E-state index contributed by atoms with van der Waals surface area (Å²) in [6.45, 7) is 7.55. The van der Waals surface area contributed by atoms with Crippen LogP contribution in [0.25, 0.3) is 0 Å². The topological polar surface area (TPSA) is 49.5 Å². The zero-order valence-electron chi connectivity index (χ0n) is 12.1. The maximum absolute atomic E-state index is 9.36. The van der Waals surface area contributed by atoms with E-state index in [1.165, 1.54) is 18.4 Å². The smallest absolute Gasteiger partial charge is 0.115 e. The molecule has 1 fully saturated rings. The average molecular weight is 262 g/mol. The van der Waals surface area contributed by atoms with Crippen LogP contribution in [0.5, 0.6) is 5.75 Å². The monoisotopic (exact) mass is 262 g/mol. The Labute approximate surface area is 116 Å². The Morgan fingerprint density at radius 2 is 2.05 bits per heavy atom. The minimum absolute atomic E-state index is 0.0195.